The van der Waals surface area contributed by atoms with Crippen LogP contribution in [0.25, 0.3) is 10.9 Å². The smallest absolute Gasteiger partial charge is 0.259 e. The lowest BCUT2D eigenvalue weighted by Gasteiger charge is -2.33. The largest absolute Gasteiger partial charge is 0.437 e. The molecule has 0 radical (unpaired) electrons. The number of fused-ring (bicyclic) bond motifs is 1. The fraction of sp³-hybridized carbons (Fsp3) is 0.259. The lowest BCUT2D eigenvalue weighted by Crippen LogP contribution is -2.40. The first-order valence-electron chi connectivity index (χ1n) is 11.3. The molecule has 1 amide bonds. The van der Waals surface area contributed by atoms with Gasteiger partial charge >= 0.3 is 0 Å². The van der Waals surface area contributed by atoms with Gasteiger partial charge in [0.15, 0.2) is 0 Å². The fourth-order valence-corrected chi connectivity index (χ4v) is 4.50. The van der Waals surface area contributed by atoms with E-state index in [9.17, 15) is 4.79 Å². The minimum Gasteiger partial charge on any atom is -0.437 e. The predicted octanol–water partition coefficient (Wildman–Crippen LogP) is 5.22. The molecule has 1 aliphatic rings. The molecule has 0 aliphatic carbocycles. The summed E-state index contributed by atoms with van der Waals surface area (Å²) in [5.74, 6) is 1.24. The zero-order valence-electron chi connectivity index (χ0n) is 18.6. The molecule has 3 aromatic heterocycles. The monoisotopic (exact) mass is 438 g/mol. The third-order valence-corrected chi connectivity index (χ3v) is 6.15. The van der Waals surface area contributed by atoms with Gasteiger partial charge in [0.05, 0.1) is 11.7 Å². The topological polar surface area (TPSA) is 68.2 Å². The zero-order valence-corrected chi connectivity index (χ0v) is 18.6. The van der Waals surface area contributed by atoms with Crippen molar-refractivity contribution in [3.05, 3.63) is 90.0 Å². The molecule has 0 N–H and O–H groups in total. The highest BCUT2D eigenvalue weighted by Gasteiger charge is 2.27. The lowest BCUT2D eigenvalue weighted by atomic mass is 9.89. The third-order valence-electron chi connectivity index (χ3n) is 6.15. The molecule has 33 heavy (non-hydrogen) atoms. The highest BCUT2D eigenvalue weighted by atomic mass is 16.5. The predicted molar refractivity (Wildman–Crippen MR) is 127 cm³/mol. The number of amides is 1. The van der Waals surface area contributed by atoms with Gasteiger partial charge in [-0.1, -0.05) is 18.2 Å². The molecule has 1 aliphatic heterocycles. The van der Waals surface area contributed by atoms with E-state index in [1.54, 1.807) is 24.5 Å². The lowest BCUT2D eigenvalue weighted by molar-refractivity contribution is 0.0670. The van der Waals surface area contributed by atoms with Crippen LogP contribution in [0.1, 0.15) is 34.5 Å². The molecule has 1 unspecified atom stereocenters. The van der Waals surface area contributed by atoms with Crippen molar-refractivity contribution in [3.8, 4) is 11.6 Å². The summed E-state index contributed by atoms with van der Waals surface area (Å²) in [4.78, 5) is 28.5. The average Bonchev–Trinajstić information content (AvgIpc) is 2.86. The number of likely N-dealkylation sites (tertiary alicyclic amines) is 1. The van der Waals surface area contributed by atoms with Crippen molar-refractivity contribution in [1.29, 1.82) is 0 Å². The van der Waals surface area contributed by atoms with Crippen molar-refractivity contribution in [2.24, 2.45) is 5.92 Å². The van der Waals surface area contributed by atoms with Gasteiger partial charge in [-0.05, 0) is 74.1 Å². The Kier molecular flexibility index (Phi) is 5.98. The van der Waals surface area contributed by atoms with Crippen molar-refractivity contribution in [3.63, 3.8) is 0 Å². The van der Waals surface area contributed by atoms with Crippen molar-refractivity contribution in [2.45, 2.75) is 26.2 Å². The molecule has 6 nitrogen and oxygen atoms in total. The Morgan fingerprint density at radius 1 is 1.03 bits per heavy atom. The summed E-state index contributed by atoms with van der Waals surface area (Å²) in [7, 11) is 0. The normalized spacial score (nSPS) is 16.0. The van der Waals surface area contributed by atoms with E-state index >= 15 is 0 Å². The highest BCUT2D eigenvalue weighted by molar-refractivity contribution is 5.96. The van der Waals surface area contributed by atoms with Crippen LogP contribution in [0, 0.1) is 12.8 Å². The number of rotatable bonds is 5. The Labute approximate surface area is 193 Å². The standard InChI is InChI=1S/C27H26N4O2/c1-19-11-12-22(17-30-19)33-26-24(9-4-14-29-26)27(32)31-15-5-6-20(18-31)16-21-7-2-10-25-23(21)8-3-13-28-25/h2-4,7-14,17,20H,5-6,15-16,18H2,1H3. The van der Waals surface area contributed by atoms with E-state index in [-0.39, 0.29) is 5.91 Å². The Bertz CT molecular complexity index is 1270. The van der Waals surface area contributed by atoms with Crippen LogP contribution in [0.5, 0.6) is 11.6 Å². The molecule has 4 aromatic rings. The van der Waals surface area contributed by atoms with Gasteiger partial charge in [-0.2, -0.15) is 0 Å². The maximum absolute atomic E-state index is 13.5. The number of carbonyl (C=O) groups is 1. The van der Waals surface area contributed by atoms with Gasteiger partial charge in [-0.25, -0.2) is 4.98 Å². The summed E-state index contributed by atoms with van der Waals surface area (Å²) in [6, 6.07) is 17.7. The minimum atomic E-state index is -0.0394. The van der Waals surface area contributed by atoms with Crippen molar-refractivity contribution in [1.82, 2.24) is 19.9 Å². The molecule has 0 bridgehead atoms. The van der Waals surface area contributed by atoms with Gasteiger partial charge in [0.1, 0.15) is 11.3 Å². The molecule has 0 spiro atoms. The number of hydrogen-bond acceptors (Lipinski definition) is 5. The second-order valence-electron chi connectivity index (χ2n) is 8.54. The molecular formula is C27H26N4O2. The molecule has 0 saturated carbocycles. The van der Waals surface area contributed by atoms with Gasteiger partial charge in [0, 0.05) is 36.6 Å². The molecule has 4 heterocycles. The van der Waals surface area contributed by atoms with Gasteiger partial charge in [-0.3, -0.25) is 14.8 Å². The van der Waals surface area contributed by atoms with Crippen LogP contribution in [-0.2, 0) is 6.42 Å². The van der Waals surface area contributed by atoms with E-state index in [2.05, 4.69) is 33.2 Å². The summed E-state index contributed by atoms with van der Waals surface area (Å²) in [5.41, 5.74) is 3.69. The van der Waals surface area contributed by atoms with Crippen LogP contribution in [-0.4, -0.2) is 38.8 Å². The van der Waals surface area contributed by atoms with Crippen molar-refractivity contribution < 1.29 is 9.53 Å². The maximum atomic E-state index is 13.5. The van der Waals surface area contributed by atoms with Crippen LogP contribution in [0.15, 0.2) is 73.2 Å². The van der Waals surface area contributed by atoms with E-state index in [1.165, 1.54) is 10.9 Å². The number of hydrogen-bond donors (Lipinski definition) is 0. The van der Waals surface area contributed by atoms with Gasteiger partial charge in [0.2, 0.25) is 5.88 Å². The number of benzene rings is 1. The van der Waals surface area contributed by atoms with Gasteiger partial charge in [0.25, 0.3) is 5.91 Å². The Morgan fingerprint density at radius 2 is 1.91 bits per heavy atom. The first kappa shape index (κ1) is 21.1. The summed E-state index contributed by atoms with van der Waals surface area (Å²) < 4.78 is 5.92. The van der Waals surface area contributed by atoms with Crippen LogP contribution in [0.3, 0.4) is 0 Å². The molecule has 1 atom stereocenters. The summed E-state index contributed by atoms with van der Waals surface area (Å²) >= 11 is 0. The number of nitrogens with zero attached hydrogens (tertiary/aromatic N) is 4. The second kappa shape index (κ2) is 9.36. The molecule has 166 valence electrons. The molecule has 1 aromatic carbocycles. The van der Waals surface area contributed by atoms with Crippen molar-refractivity contribution in [2.75, 3.05) is 13.1 Å². The third kappa shape index (κ3) is 4.70. The number of carbonyl (C=O) groups excluding carboxylic acids is 1. The van der Waals surface area contributed by atoms with E-state index in [4.69, 9.17) is 4.74 Å². The molecule has 6 heteroatoms. The summed E-state index contributed by atoms with van der Waals surface area (Å²) in [6.45, 7) is 3.38. The first-order chi connectivity index (χ1) is 16.2. The second-order valence-corrected chi connectivity index (χ2v) is 8.54. The van der Waals surface area contributed by atoms with Crippen molar-refractivity contribution >= 4 is 16.8 Å². The van der Waals surface area contributed by atoms with Crippen LogP contribution < -0.4 is 4.74 Å². The quantitative estimate of drug-likeness (QED) is 0.427. The van der Waals surface area contributed by atoms with E-state index in [0.717, 1.165) is 43.6 Å². The maximum Gasteiger partial charge on any atom is 0.259 e. The average molecular weight is 439 g/mol. The SMILES string of the molecule is Cc1ccc(Oc2ncccc2C(=O)N2CCCC(Cc3cccc4ncccc34)C2)cn1. The van der Waals surface area contributed by atoms with E-state index in [1.807, 2.05) is 42.3 Å². The summed E-state index contributed by atoms with van der Waals surface area (Å²) in [5, 5.41) is 1.19. The Balaban J connectivity index is 1.33. The number of pyridine rings is 3. The number of aromatic nitrogens is 3. The fourth-order valence-electron chi connectivity index (χ4n) is 4.50. The Hall–Kier alpha value is -3.80. The summed E-state index contributed by atoms with van der Waals surface area (Å²) in [6.07, 6.45) is 8.13. The molecule has 1 fully saturated rings. The molecule has 1 saturated heterocycles. The van der Waals surface area contributed by atoms with Crippen LogP contribution in [0.4, 0.5) is 0 Å². The minimum absolute atomic E-state index is 0.0394. The number of aryl methyl sites for hydroxylation is 1. The highest BCUT2D eigenvalue weighted by Crippen LogP contribution is 2.28. The molecule has 5 rings (SSSR count). The van der Waals surface area contributed by atoms with Gasteiger partial charge < -0.3 is 9.64 Å². The van der Waals surface area contributed by atoms with E-state index in [0.29, 0.717) is 23.1 Å². The van der Waals surface area contributed by atoms with Crippen LogP contribution in [0.2, 0.25) is 0 Å². The van der Waals surface area contributed by atoms with E-state index < -0.39 is 0 Å². The first-order valence-corrected chi connectivity index (χ1v) is 11.3. The number of piperidine rings is 1. The zero-order chi connectivity index (χ0) is 22.6. The number of ether oxygens (including phenoxy) is 1. The molecular weight excluding hydrogens is 412 g/mol. The van der Waals surface area contributed by atoms with Gasteiger partial charge in [-0.15, -0.1) is 0 Å². The Morgan fingerprint density at radius 3 is 2.79 bits per heavy atom. The van der Waals surface area contributed by atoms with Crippen LogP contribution >= 0.6 is 0 Å².